The number of sulfone groups is 1. The lowest BCUT2D eigenvalue weighted by molar-refractivity contribution is -0.136. The molecule has 0 atom stereocenters. The fraction of sp³-hybridized carbons (Fsp3) is 0.300. The largest absolute Gasteiger partial charge is 0.479 e. The van der Waals surface area contributed by atoms with Crippen LogP contribution in [0.4, 0.5) is 13.2 Å². The van der Waals surface area contributed by atoms with Crippen LogP contribution in [0.15, 0.2) is 17.3 Å². The number of hydrogen-bond acceptors (Lipinski definition) is 4. The molecule has 0 saturated heterocycles. The maximum Gasteiger partial charge on any atom is 0.418 e. The summed E-state index contributed by atoms with van der Waals surface area (Å²) in [6.45, 7) is 0. The molecule has 0 spiro atoms. The maximum atomic E-state index is 12.9. The van der Waals surface area contributed by atoms with Gasteiger partial charge in [0, 0.05) is 24.0 Å². The molecule has 2 heterocycles. The first-order valence-corrected chi connectivity index (χ1v) is 6.86. The summed E-state index contributed by atoms with van der Waals surface area (Å²) in [7, 11) is -2.58. The van der Waals surface area contributed by atoms with Crippen molar-refractivity contribution in [1.82, 2.24) is 9.97 Å². The van der Waals surface area contributed by atoms with Crippen molar-refractivity contribution in [2.45, 2.75) is 11.1 Å². The van der Waals surface area contributed by atoms with Crippen LogP contribution in [0.3, 0.4) is 0 Å². The van der Waals surface area contributed by atoms with Crippen LogP contribution < -0.4 is 4.74 Å². The van der Waals surface area contributed by atoms with Gasteiger partial charge in [0.05, 0.1) is 17.6 Å². The molecular formula is C10H9F3N2O3S. The molecule has 9 heteroatoms. The summed E-state index contributed by atoms with van der Waals surface area (Å²) in [5, 5.41) is -0.457. The van der Waals surface area contributed by atoms with Crippen LogP contribution in [0.1, 0.15) is 5.56 Å². The standard InChI is InChI=1S/C10H9F3N2O3S/c1-18-9-8-7(5(3-15-9)10(11,12)13)6(4-14-8)19(2,16)17/h3-4,14H,1-2H3. The minimum absolute atomic E-state index is 0.0992. The molecule has 0 amide bonds. The van der Waals surface area contributed by atoms with Crippen molar-refractivity contribution in [2.24, 2.45) is 0 Å². The van der Waals surface area contributed by atoms with E-state index in [0.717, 1.165) is 12.5 Å². The van der Waals surface area contributed by atoms with E-state index in [9.17, 15) is 21.6 Å². The highest BCUT2D eigenvalue weighted by Crippen LogP contribution is 2.39. The summed E-state index contributed by atoms with van der Waals surface area (Å²) in [5.41, 5.74) is -1.22. The van der Waals surface area contributed by atoms with Crippen molar-refractivity contribution in [1.29, 1.82) is 0 Å². The third-order valence-corrected chi connectivity index (χ3v) is 3.66. The molecule has 2 aromatic rings. The summed E-state index contributed by atoms with van der Waals surface area (Å²) >= 11 is 0. The quantitative estimate of drug-likeness (QED) is 0.919. The first kappa shape index (κ1) is 13.7. The van der Waals surface area contributed by atoms with Crippen molar-refractivity contribution >= 4 is 20.7 Å². The highest BCUT2D eigenvalue weighted by molar-refractivity contribution is 7.91. The molecular weight excluding hydrogens is 285 g/mol. The Labute approximate surface area is 106 Å². The van der Waals surface area contributed by atoms with Gasteiger partial charge in [0.25, 0.3) is 0 Å². The number of halogens is 3. The van der Waals surface area contributed by atoms with Gasteiger partial charge in [-0.2, -0.15) is 13.2 Å². The van der Waals surface area contributed by atoms with Crippen LogP contribution in [-0.4, -0.2) is 31.8 Å². The number of alkyl halides is 3. The number of pyridine rings is 1. The van der Waals surface area contributed by atoms with Gasteiger partial charge in [-0.1, -0.05) is 0 Å². The van der Waals surface area contributed by atoms with Crippen molar-refractivity contribution in [2.75, 3.05) is 13.4 Å². The first-order valence-electron chi connectivity index (χ1n) is 4.97. The Kier molecular flexibility index (Phi) is 2.96. The van der Waals surface area contributed by atoms with Gasteiger partial charge in [-0.25, -0.2) is 13.4 Å². The lowest BCUT2D eigenvalue weighted by Crippen LogP contribution is -2.08. The second kappa shape index (κ2) is 4.12. The van der Waals surface area contributed by atoms with Gasteiger partial charge in [0.15, 0.2) is 9.84 Å². The number of nitrogens with zero attached hydrogens (tertiary/aromatic N) is 1. The molecule has 0 radical (unpaired) electrons. The van der Waals surface area contributed by atoms with E-state index in [0.29, 0.717) is 6.20 Å². The number of nitrogens with one attached hydrogen (secondary N) is 1. The van der Waals surface area contributed by atoms with Crippen molar-refractivity contribution in [3.05, 3.63) is 18.0 Å². The molecule has 0 fully saturated rings. The second-order valence-electron chi connectivity index (χ2n) is 3.85. The zero-order valence-corrected chi connectivity index (χ0v) is 10.7. The Hall–Kier alpha value is -1.77. The van der Waals surface area contributed by atoms with Crippen molar-refractivity contribution < 1.29 is 26.3 Å². The molecule has 0 unspecified atom stereocenters. The number of rotatable bonds is 2. The molecule has 0 aromatic carbocycles. The summed E-state index contributed by atoms with van der Waals surface area (Å²) in [4.78, 5) is 5.54. The molecule has 104 valence electrons. The number of hydrogen-bond donors (Lipinski definition) is 1. The third-order valence-electron chi connectivity index (χ3n) is 2.54. The van der Waals surface area contributed by atoms with Crippen LogP contribution in [0.25, 0.3) is 10.9 Å². The van der Waals surface area contributed by atoms with E-state index in [2.05, 4.69) is 9.97 Å². The van der Waals surface area contributed by atoms with Crippen molar-refractivity contribution in [3.8, 4) is 5.88 Å². The Morgan fingerprint density at radius 2 is 2.00 bits per heavy atom. The molecule has 0 bridgehead atoms. The molecule has 0 aliphatic rings. The summed E-state index contributed by atoms with van der Waals surface area (Å²) in [6, 6.07) is 0. The average molecular weight is 294 g/mol. The number of H-pyrrole nitrogens is 1. The van der Waals surface area contributed by atoms with Crippen LogP contribution in [0.2, 0.25) is 0 Å². The fourth-order valence-corrected chi connectivity index (χ4v) is 2.61. The number of methoxy groups -OCH3 is 1. The van der Waals surface area contributed by atoms with Gasteiger partial charge in [-0.15, -0.1) is 0 Å². The van der Waals surface area contributed by atoms with Crippen LogP contribution in [0.5, 0.6) is 5.88 Å². The molecule has 0 aliphatic carbocycles. The van der Waals surface area contributed by atoms with E-state index >= 15 is 0 Å². The number of fused-ring (bicyclic) bond motifs is 1. The SMILES string of the molecule is COc1ncc(C(F)(F)F)c2c(S(C)(=O)=O)c[nH]c12. The van der Waals surface area contributed by atoms with E-state index in [1.807, 2.05) is 0 Å². The van der Waals surface area contributed by atoms with Gasteiger partial charge in [0.2, 0.25) is 5.88 Å². The lowest BCUT2D eigenvalue weighted by Gasteiger charge is -2.10. The molecule has 2 rings (SSSR count). The van der Waals surface area contributed by atoms with Crippen LogP contribution in [-0.2, 0) is 16.0 Å². The van der Waals surface area contributed by atoms with E-state index in [1.54, 1.807) is 0 Å². The Bertz CT molecular complexity index is 734. The summed E-state index contributed by atoms with van der Waals surface area (Å²) < 4.78 is 66.6. The predicted molar refractivity (Wildman–Crippen MR) is 60.8 cm³/mol. The van der Waals surface area contributed by atoms with Crippen molar-refractivity contribution in [3.63, 3.8) is 0 Å². The molecule has 1 N–H and O–H groups in total. The van der Waals surface area contributed by atoms with Crippen LogP contribution in [0, 0.1) is 0 Å². The van der Waals surface area contributed by atoms with Gasteiger partial charge < -0.3 is 9.72 Å². The minimum Gasteiger partial charge on any atom is -0.479 e. The Morgan fingerprint density at radius 1 is 1.37 bits per heavy atom. The molecule has 19 heavy (non-hydrogen) atoms. The molecule has 2 aromatic heterocycles. The van der Waals surface area contributed by atoms with Crippen LogP contribution >= 0.6 is 0 Å². The minimum atomic E-state index is -4.71. The number of aromatic amines is 1. The van der Waals surface area contributed by atoms with Gasteiger partial charge >= 0.3 is 6.18 Å². The molecule has 5 nitrogen and oxygen atoms in total. The van der Waals surface area contributed by atoms with E-state index in [1.165, 1.54) is 7.11 Å². The number of ether oxygens (including phenoxy) is 1. The maximum absolute atomic E-state index is 12.9. The van der Waals surface area contributed by atoms with E-state index in [4.69, 9.17) is 4.74 Å². The summed E-state index contributed by atoms with van der Waals surface area (Å²) in [5.74, 6) is -0.0992. The Morgan fingerprint density at radius 3 is 2.47 bits per heavy atom. The normalized spacial score (nSPS) is 12.9. The highest BCUT2D eigenvalue weighted by Gasteiger charge is 2.36. The van der Waals surface area contributed by atoms with Gasteiger partial charge in [-0.3, -0.25) is 0 Å². The van der Waals surface area contributed by atoms with E-state index in [-0.39, 0.29) is 11.4 Å². The first-order chi connectivity index (χ1) is 8.66. The number of aromatic nitrogens is 2. The zero-order valence-electron chi connectivity index (χ0n) is 9.87. The average Bonchev–Trinajstić information content (AvgIpc) is 2.69. The molecule has 0 saturated carbocycles. The lowest BCUT2D eigenvalue weighted by atomic mass is 10.2. The summed E-state index contributed by atoms with van der Waals surface area (Å²) in [6.07, 6.45) is -2.31. The predicted octanol–water partition coefficient (Wildman–Crippen LogP) is 1.99. The Balaban J connectivity index is 2.96. The van der Waals surface area contributed by atoms with Gasteiger partial charge in [0.1, 0.15) is 5.52 Å². The molecule has 0 aliphatic heterocycles. The topological polar surface area (TPSA) is 72.0 Å². The van der Waals surface area contributed by atoms with E-state index < -0.39 is 31.9 Å². The van der Waals surface area contributed by atoms with Gasteiger partial charge in [-0.05, 0) is 0 Å². The fourth-order valence-electron chi connectivity index (χ4n) is 1.76. The third kappa shape index (κ3) is 2.25. The second-order valence-corrected chi connectivity index (χ2v) is 5.84. The smallest absolute Gasteiger partial charge is 0.418 e. The zero-order chi connectivity index (χ0) is 14.4. The monoisotopic (exact) mass is 294 g/mol. The highest BCUT2D eigenvalue weighted by atomic mass is 32.2.